The van der Waals surface area contributed by atoms with Crippen molar-refractivity contribution in [3.05, 3.63) is 70.7 Å². The first kappa shape index (κ1) is 17.9. The molecule has 0 radical (unpaired) electrons. The second-order valence-corrected chi connectivity index (χ2v) is 6.66. The normalized spacial score (nSPS) is 18.5. The first-order chi connectivity index (χ1) is 12.2. The number of amides is 1. The minimum absolute atomic E-state index is 0.0175. The molecule has 0 aliphatic carbocycles. The number of benzene rings is 2. The molecular weight excluding hydrogens is 336 g/mol. The molecule has 3 rings (SSSR count). The molecule has 1 amide bonds. The fraction of sp³-hybridized carbons (Fsp3) is 0.350. The van der Waals surface area contributed by atoms with Gasteiger partial charge < -0.3 is 15.4 Å². The lowest BCUT2D eigenvalue weighted by atomic mass is 9.98. The van der Waals surface area contributed by atoms with E-state index in [2.05, 4.69) is 10.6 Å². The summed E-state index contributed by atoms with van der Waals surface area (Å²) in [5, 5.41) is 7.20. The van der Waals surface area contributed by atoms with E-state index in [-0.39, 0.29) is 18.0 Å². The van der Waals surface area contributed by atoms with Gasteiger partial charge in [-0.1, -0.05) is 60.1 Å². The minimum Gasteiger partial charge on any atom is -0.378 e. The molecule has 1 saturated heterocycles. The molecule has 1 heterocycles. The molecule has 2 atom stereocenters. The zero-order valence-electron chi connectivity index (χ0n) is 14.1. The van der Waals surface area contributed by atoms with Gasteiger partial charge in [-0.25, -0.2) is 0 Å². The molecule has 0 aromatic heterocycles. The third-order valence-corrected chi connectivity index (χ3v) is 4.72. The number of hydrogen-bond donors (Lipinski definition) is 2. The molecule has 0 saturated carbocycles. The van der Waals surface area contributed by atoms with Gasteiger partial charge in [-0.05, 0) is 23.6 Å². The maximum Gasteiger partial charge on any atom is 0.222 e. The highest BCUT2D eigenvalue weighted by Gasteiger charge is 2.21. The average Bonchev–Trinajstić information content (AvgIpc) is 2.64. The Bertz CT molecular complexity index is 687. The molecule has 25 heavy (non-hydrogen) atoms. The molecule has 1 aliphatic rings. The van der Waals surface area contributed by atoms with Crippen LogP contribution in [-0.4, -0.2) is 31.7 Å². The van der Waals surface area contributed by atoms with E-state index in [0.29, 0.717) is 26.1 Å². The van der Waals surface area contributed by atoms with E-state index in [9.17, 15) is 4.79 Å². The number of carbonyl (C=O) groups excluding carboxylic acids is 1. The first-order valence-corrected chi connectivity index (χ1v) is 8.99. The van der Waals surface area contributed by atoms with Gasteiger partial charge >= 0.3 is 0 Å². The maximum atomic E-state index is 12.5. The van der Waals surface area contributed by atoms with Crippen LogP contribution in [0.4, 0.5) is 0 Å². The molecule has 2 aromatic rings. The number of nitrogens with one attached hydrogen (secondary N) is 2. The van der Waals surface area contributed by atoms with Crippen LogP contribution >= 0.6 is 11.6 Å². The zero-order valence-corrected chi connectivity index (χ0v) is 14.8. The van der Waals surface area contributed by atoms with Gasteiger partial charge in [-0.3, -0.25) is 4.79 Å². The fourth-order valence-corrected chi connectivity index (χ4v) is 3.26. The predicted octanol–water partition coefficient (Wildman–Crippen LogP) is 3.12. The predicted molar refractivity (Wildman–Crippen MR) is 99.7 cm³/mol. The van der Waals surface area contributed by atoms with E-state index in [1.165, 1.54) is 0 Å². The van der Waals surface area contributed by atoms with Crippen molar-refractivity contribution in [2.45, 2.75) is 24.9 Å². The molecule has 0 bridgehead atoms. The standard InChI is InChI=1S/C20H23ClN2O2/c21-18-9-5-4-8-16(18)12-19(15-6-2-1-3-7-15)23-20(24)13-17-14-25-11-10-22-17/h1-9,17,19,22H,10-14H2,(H,23,24). The van der Waals surface area contributed by atoms with Crippen LogP contribution in [0.1, 0.15) is 23.6 Å². The molecular formula is C20H23ClN2O2. The number of ether oxygens (including phenoxy) is 1. The monoisotopic (exact) mass is 358 g/mol. The topological polar surface area (TPSA) is 50.4 Å². The van der Waals surface area contributed by atoms with Gasteiger partial charge in [0.2, 0.25) is 5.91 Å². The third kappa shape index (κ3) is 5.30. The molecule has 2 unspecified atom stereocenters. The van der Waals surface area contributed by atoms with Crippen LogP contribution in [0.15, 0.2) is 54.6 Å². The Morgan fingerprint density at radius 3 is 2.68 bits per heavy atom. The largest absolute Gasteiger partial charge is 0.378 e. The number of rotatable bonds is 6. The van der Waals surface area contributed by atoms with Crippen molar-refractivity contribution >= 4 is 17.5 Å². The minimum atomic E-state index is -0.113. The van der Waals surface area contributed by atoms with Crippen LogP contribution in [0, 0.1) is 0 Å². The lowest BCUT2D eigenvalue weighted by Crippen LogP contribution is -2.44. The molecule has 5 heteroatoms. The maximum absolute atomic E-state index is 12.5. The second-order valence-electron chi connectivity index (χ2n) is 6.26. The fourth-order valence-electron chi connectivity index (χ4n) is 3.05. The van der Waals surface area contributed by atoms with Crippen molar-refractivity contribution in [1.29, 1.82) is 0 Å². The second kappa shape index (κ2) is 8.99. The molecule has 132 valence electrons. The van der Waals surface area contributed by atoms with Gasteiger partial charge in [0, 0.05) is 24.0 Å². The van der Waals surface area contributed by atoms with Crippen molar-refractivity contribution in [3.8, 4) is 0 Å². The van der Waals surface area contributed by atoms with Gasteiger partial charge in [-0.15, -0.1) is 0 Å². The first-order valence-electron chi connectivity index (χ1n) is 8.61. The van der Waals surface area contributed by atoms with Crippen LogP contribution in [0.3, 0.4) is 0 Å². The van der Waals surface area contributed by atoms with E-state index < -0.39 is 0 Å². The highest BCUT2D eigenvalue weighted by molar-refractivity contribution is 6.31. The summed E-state index contributed by atoms with van der Waals surface area (Å²) in [6.45, 7) is 2.07. The zero-order chi connectivity index (χ0) is 17.5. The molecule has 0 spiro atoms. The summed E-state index contributed by atoms with van der Waals surface area (Å²) in [6, 6.07) is 17.7. The highest BCUT2D eigenvalue weighted by Crippen LogP contribution is 2.23. The Morgan fingerprint density at radius 2 is 1.96 bits per heavy atom. The number of morpholine rings is 1. The van der Waals surface area contributed by atoms with Gasteiger partial charge in [-0.2, -0.15) is 0 Å². The van der Waals surface area contributed by atoms with E-state index in [4.69, 9.17) is 16.3 Å². The van der Waals surface area contributed by atoms with Crippen molar-refractivity contribution < 1.29 is 9.53 Å². The molecule has 2 N–H and O–H groups in total. The smallest absolute Gasteiger partial charge is 0.222 e. The number of halogens is 1. The van der Waals surface area contributed by atoms with Crippen LogP contribution in [0.25, 0.3) is 0 Å². The lowest BCUT2D eigenvalue weighted by molar-refractivity contribution is -0.123. The van der Waals surface area contributed by atoms with Crippen molar-refractivity contribution in [3.63, 3.8) is 0 Å². The van der Waals surface area contributed by atoms with E-state index in [0.717, 1.165) is 22.7 Å². The van der Waals surface area contributed by atoms with Crippen LogP contribution in [0.2, 0.25) is 5.02 Å². The summed E-state index contributed by atoms with van der Waals surface area (Å²) in [7, 11) is 0. The summed E-state index contributed by atoms with van der Waals surface area (Å²) in [6.07, 6.45) is 1.07. The summed E-state index contributed by atoms with van der Waals surface area (Å²) in [5.41, 5.74) is 2.10. The van der Waals surface area contributed by atoms with Gasteiger partial charge in [0.1, 0.15) is 0 Å². The van der Waals surface area contributed by atoms with Crippen LogP contribution in [-0.2, 0) is 16.0 Å². The quantitative estimate of drug-likeness (QED) is 0.834. The van der Waals surface area contributed by atoms with Crippen molar-refractivity contribution in [2.75, 3.05) is 19.8 Å². The third-order valence-electron chi connectivity index (χ3n) is 4.35. The molecule has 2 aromatic carbocycles. The van der Waals surface area contributed by atoms with Crippen LogP contribution in [0.5, 0.6) is 0 Å². The number of hydrogen-bond acceptors (Lipinski definition) is 3. The molecule has 1 aliphatic heterocycles. The summed E-state index contributed by atoms with van der Waals surface area (Å²) >= 11 is 6.31. The Balaban J connectivity index is 1.70. The van der Waals surface area contributed by atoms with E-state index in [1.807, 2.05) is 54.6 Å². The Labute approximate surface area is 153 Å². The van der Waals surface area contributed by atoms with Gasteiger partial charge in [0.25, 0.3) is 0 Å². The Morgan fingerprint density at radius 1 is 1.20 bits per heavy atom. The van der Waals surface area contributed by atoms with E-state index >= 15 is 0 Å². The summed E-state index contributed by atoms with van der Waals surface area (Å²) < 4.78 is 5.42. The Hall–Kier alpha value is -1.88. The average molecular weight is 359 g/mol. The van der Waals surface area contributed by atoms with E-state index in [1.54, 1.807) is 0 Å². The summed E-state index contributed by atoms with van der Waals surface area (Å²) in [4.78, 5) is 12.5. The van der Waals surface area contributed by atoms with Gasteiger partial charge in [0.15, 0.2) is 0 Å². The molecule has 4 nitrogen and oxygen atoms in total. The van der Waals surface area contributed by atoms with Crippen LogP contribution < -0.4 is 10.6 Å². The van der Waals surface area contributed by atoms with Crippen molar-refractivity contribution in [1.82, 2.24) is 10.6 Å². The lowest BCUT2D eigenvalue weighted by Gasteiger charge is -2.25. The highest BCUT2D eigenvalue weighted by atomic mass is 35.5. The van der Waals surface area contributed by atoms with Gasteiger partial charge in [0.05, 0.1) is 19.3 Å². The SMILES string of the molecule is O=C(CC1COCCN1)NC(Cc1ccccc1Cl)c1ccccc1. The Kier molecular flexibility index (Phi) is 6.45. The summed E-state index contributed by atoms with van der Waals surface area (Å²) in [5.74, 6) is 0.0175. The number of carbonyl (C=O) groups is 1. The molecule has 1 fully saturated rings. The van der Waals surface area contributed by atoms with Crippen molar-refractivity contribution in [2.24, 2.45) is 0 Å².